The molecule has 0 bridgehead atoms. The van der Waals surface area contributed by atoms with Crippen LogP contribution in [0.2, 0.25) is 0 Å². The number of carboxylic acids is 1. The predicted octanol–water partition coefficient (Wildman–Crippen LogP) is 7.05. The number of nitrogens with zero attached hydrogens (tertiary/aromatic N) is 1. The summed E-state index contributed by atoms with van der Waals surface area (Å²) in [6, 6.07) is 19.5. The minimum Gasteiger partial charge on any atom is -0.493 e. The molecule has 3 aromatic carbocycles. The molecule has 43 heavy (non-hydrogen) atoms. The zero-order chi connectivity index (χ0) is 31.0. The third-order valence-corrected chi connectivity index (χ3v) is 6.72. The summed E-state index contributed by atoms with van der Waals surface area (Å²) < 4.78 is 50.1. The third kappa shape index (κ3) is 8.57. The van der Waals surface area contributed by atoms with Crippen LogP contribution in [0.5, 0.6) is 5.75 Å². The number of allylic oxidation sites excluding steroid dienone is 2. The zero-order valence-electron chi connectivity index (χ0n) is 23.6. The molecule has 0 fully saturated rings. The van der Waals surface area contributed by atoms with Gasteiger partial charge in [-0.3, -0.25) is 4.79 Å². The van der Waals surface area contributed by atoms with E-state index in [9.17, 15) is 27.9 Å². The highest BCUT2D eigenvalue weighted by molar-refractivity contribution is 6.04. The normalized spacial score (nSPS) is 12.5. The fourth-order valence-corrected chi connectivity index (χ4v) is 4.32. The van der Waals surface area contributed by atoms with Crippen molar-refractivity contribution in [2.75, 3.05) is 6.61 Å². The number of carbonyl (C=O) groups excluding carboxylic acids is 1. The van der Waals surface area contributed by atoms with Crippen molar-refractivity contribution in [2.24, 2.45) is 0 Å². The second kappa shape index (κ2) is 13.9. The van der Waals surface area contributed by atoms with Gasteiger partial charge in [-0.25, -0.2) is 9.78 Å². The van der Waals surface area contributed by atoms with Gasteiger partial charge in [-0.15, -0.1) is 0 Å². The van der Waals surface area contributed by atoms with Crippen LogP contribution in [0.25, 0.3) is 11.5 Å². The van der Waals surface area contributed by atoms with Gasteiger partial charge in [0.15, 0.2) is 5.78 Å². The molecule has 0 aliphatic rings. The molecule has 0 spiro atoms. The Balaban J connectivity index is 1.32. The van der Waals surface area contributed by atoms with Crippen molar-refractivity contribution in [1.82, 2.24) is 10.3 Å². The topological polar surface area (TPSA) is 102 Å². The first-order chi connectivity index (χ1) is 20.5. The molecule has 0 unspecified atom stereocenters. The van der Waals surface area contributed by atoms with E-state index in [-0.39, 0.29) is 12.0 Å². The average Bonchev–Trinajstić information content (AvgIpc) is 3.37. The number of ketones is 1. The summed E-state index contributed by atoms with van der Waals surface area (Å²) in [6.45, 7) is 3.98. The fourth-order valence-electron chi connectivity index (χ4n) is 4.32. The van der Waals surface area contributed by atoms with Crippen LogP contribution in [-0.2, 0) is 23.8 Å². The van der Waals surface area contributed by atoms with Crippen LogP contribution in [0, 0.1) is 6.92 Å². The Morgan fingerprint density at radius 1 is 1.02 bits per heavy atom. The van der Waals surface area contributed by atoms with Crippen LogP contribution in [0.15, 0.2) is 95.1 Å². The summed E-state index contributed by atoms with van der Waals surface area (Å²) in [6.07, 6.45) is -2.29. The van der Waals surface area contributed by atoms with Crippen LogP contribution in [0.3, 0.4) is 0 Å². The number of halogens is 3. The molecule has 7 nitrogen and oxygen atoms in total. The lowest BCUT2D eigenvalue weighted by Crippen LogP contribution is -2.38. The molecule has 0 amide bonds. The molecule has 1 aromatic heterocycles. The maximum Gasteiger partial charge on any atom is 0.416 e. The molecule has 4 aromatic rings. The van der Waals surface area contributed by atoms with Crippen molar-refractivity contribution in [1.29, 1.82) is 0 Å². The second-order valence-corrected chi connectivity index (χ2v) is 9.83. The fraction of sp³-hybridized carbons (Fsp3) is 0.242. The molecule has 1 atom stereocenters. The molecule has 1 heterocycles. The van der Waals surface area contributed by atoms with Crippen LogP contribution in [-0.4, -0.2) is 34.5 Å². The number of hydrogen-bond donors (Lipinski definition) is 2. The predicted molar refractivity (Wildman–Crippen MR) is 155 cm³/mol. The van der Waals surface area contributed by atoms with Crippen molar-refractivity contribution in [3.05, 3.63) is 119 Å². The molecule has 0 radical (unpaired) electrons. The number of alkyl halides is 3. The molecular weight excluding hydrogens is 561 g/mol. The Kier molecular flexibility index (Phi) is 10.0. The number of carboxylic acid groups (broad SMARTS) is 1. The number of rotatable bonds is 13. The van der Waals surface area contributed by atoms with Crippen molar-refractivity contribution in [2.45, 2.75) is 45.3 Å². The Morgan fingerprint density at radius 3 is 2.30 bits per heavy atom. The largest absolute Gasteiger partial charge is 0.493 e. The van der Waals surface area contributed by atoms with E-state index in [4.69, 9.17) is 9.15 Å². The Labute approximate surface area is 247 Å². The molecular formula is C33H31F3N2O5. The van der Waals surface area contributed by atoms with E-state index in [0.717, 1.165) is 46.8 Å². The number of hydrogen-bond acceptors (Lipinski definition) is 6. The maximum absolute atomic E-state index is 12.8. The monoisotopic (exact) mass is 592 g/mol. The maximum atomic E-state index is 12.8. The number of nitrogens with one attached hydrogen (secondary N) is 1. The van der Waals surface area contributed by atoms with E-state index >= 15 is 0 Å². The summed E-state index contributed by atoms with van der Waals surface area (Å²) >= 11 is 0. The summed E-state index contributed by atoms with van der Waals surface area (Å²) in [5.41, 5.74) is 2.01. The van der Waals surface area contributed by atoms with Crippen molar-refractivity contribution >= 4 is 11.8 Å². The van der Waals surface area contributed by atoms with Gasteiger partial charge in [0.05, 0.1) is 17.9 Å². The standard InChI is InChI=1S/C33H31F3N2O5/c1-3-26(20-30(39)23-11-13-25(14-12-23)33(34,35)36)37-29(32(40)41)19-22-9-15-27(16-10-22)42-18-17-28-21(2)43-31(38-28)24-7-5-4-6-8-24/h4-16,20,29,37H,3,17-19H2,1-2H3,(H,40,41)/b26-20-/t29-/m0/s1. The van der Waals surface area contributed by atoms with Gasteiger partial charge in [-0.2, -0.15) is 13.2 Å². The highest BCUT2D eigenvalue weighted by Gasteiger charge is 2.30. The van der Waals surface area contributed by atoms with Gasteiger partial charge in [0.2, 0.25) is 5.89 Å². The third-order valence-electron chi connectivity index (χ3n) is 6.72. The first-order valence-electron chi connectivity index (χ1n) is 13.7. The van der Waals surface area contributed by atoms with E-state index in [1.54, 1.807) is 31.2 Å². The van der Waals surface area contributed by atoms with E-state index in [2.05, 4.69) is 10.3 Å². The summed E-state index contributed by atoms with van der Waals surface area (Å²) in [5.74, 6) is 0.264. The van der Waals surface area contributed by atoms with Gasteiger partial charge in [0.25, 0.3) is 0 Å². The number of ether oxygens (including phenoxy) is 1. The molecule has 0 saturated heterocycles. The van der Waals surface area contributed by atoms with Gasteiger partial charge >= 0.3 is 12.1 Å². The van der Waals surface area contributed by atoms with Crippen molar-refractivity contribution < 1.29 is 37.0 Å². The molecule has 0 saturated carbocycles. The molecule has 4 rings (SSSR count). The number of aliphatic carboxylic acids is 1. The average molecular weight is 593 g/mol. The van der Waals surface area contributed by atoms with E-state index in [1.807, 2.05) is 37.3 Å². The number of benzene rings is 3. The van der Waals surface area contributed by atoms with E-state index in [0.29, 0.717) is 36.8 Å². The van der Waals surface area contributed by atoms with Crippen LogP contribution in [0.4, 0.5) is 13.2 Å². The summed E-state index contributed by atoms with van der Waals surface area (Å²) in [4.78, 5) is 29.2. The lowest BCUT2D eigenvalue weighted by atomic mass is 10.0. The molecule has 0 aliphatic carbocycles. The number of oxazole rings is 1. The van der Waals surface area contributed by atoms with E-state index in [1.165, 1.54) is 6.08 Å². The Morgan fingerprint density at radius 2 is 1.70 bits per heavy atom. The lowest BCUT2D eigenvalue weighted by Gasteiger charge is -2.18. The highest BCUT2D eigenvalue weighted by Crippen LogP contribution is 2.29. The first kappa shape index (κ1) is 31.1. The van der Waals surface area contributed by atoms with Crippen LogP contribution < -0.4 is 10.1 Å². The molecule has 2 N–H and O–H groups in total. The van der Waals surface area contributed by atoms with Gasteiger partial charge < -0.3 is 19.6 Å². The van der Waals surface area contributed by atoms with Crippen molar-refractivity contribution in [3.63, 3.8) is 0 Å². The number of carbonyl (C=O) groups is 2. The van der Waals surface area contributed by atoms with Gasteiger partial charge in [0.1, 0.15) is 17.6 Å². The molecule has 10 heteroatoms. The second-order valence-electron chi connectivity index (χ2n) is 9.83. The van der Waals surface area contributed by atoms with Gasteiger partial charge in [-0.1, -0.05) is 49.4 Å². The van der Waals surface area contributed by atoms with Crippen molar-refractivity contribution in [3.8, 4) is 17.2 Å². The highest BCUT2D eigenvalue weighted by atomic mass is 19.4. The quantitative estimate of drug-likeness (QED) is 0.127. The van der Waals surface area contributed by atoms with Crippen LogP contribution in [0.1, 0.15) is 46.3 Å². The smallest absolute Gasteiger partial charge is 0.416 e. The minimum atomic E-state index is -4.50. The van der Waals surface area contributed by atoms with Crippen LogP contribution >= 0.6 is 0 Å². The SMILES string of the molecule is CC/C(=C/C(=O)c1ccc(C(F)(F)F)cc1)N[C@@H](Cc1ccc(OCCc2nc(-c3ccccc3)oc2C)cc1)C(=O)O. The zero-order valence-corrected chi connectivity index (χ0v) is 23.6. The Hall–Kier alpha value is -4.86. The summed E-state index contributed by atoms with van der Waals surface area (Å²) in [5, 5.41) is 12.7. The molecule has 0 aliphatic heterocycles. The Bertz CT molecular complexity index is 1560. The van der Waals surface area contributed by atoms with Gasteiger partial charge in [-0.05, 0) is 55.3 Å². The van der Waals surface area contributed by atoms with Gasteiger partial charge in [0, 0.05) is 35.7 Å². The van der Waals surface area contributed by atoms with E-state index < -0.39 is 29.5 Å². The number of aromatic nitrogens is 1. The lowest BCUT2D eigenvalue weighted by molar-refractivity contribution is -0.139. The minimum absolute atomic E-state index is 0.0681. The molecule has 224 valence electrons. The summed E-state index contributed by atoms with van der Waals surface area (Å²) in [7, 11) is 0. The first-order valence-corrected chi connectivity index (χ1v) is 13.7. The number of aryl methyl sites for hydroxylation is 1.